The normalized spacial score (nSPS) is 11.4. The van der Waals surface area contributed by atoms with Crippen molar-refractivity contribution in [2.75, 3.05) is 20.3 Å². The van der Waals surface area contributed by atoms with E-state index in [4.69, 9.17) is 14.2 Å². The average molecular weight is 737 g/mol. The largest absolute Gasteiger partial charge is 0.504 e. The van der Waals surface area contributed by atoms with Crippen LogP contribution >= 0.6 is 0 Å². The van der Waals surface area contributed by atoms with Crippen LogP contribution in [0.3, 0.4) is 0 Å². The van der Waals surface area contributed by atoms with Crippen LogP contribution in [-0.2, 0) is 19.1 Å². The highest BCUT2D eigenvalue weighted by molar-refractivity contribution is 5.87. The van der Waals surface area contributed by atoms with Crippen LogP contribution in [0.1, 0.15) is 165 Å². The highest BCUT2D eigenvalue weighted by Gasteiger charge is 2.04. The molecule has 0 spiro atoms. The lowest BCUT2D eigenvalue weighted by Gasteiger charge is -2.05. The summed E-state index contributed by atoms with van der Waals surface area (Å²) in [5.41, 5.74) is 1.39. The van der Waals surface area contributed by atoms with Gasteiger partial charge in [-0.2, -0.15) is 0 Å². The number of methoxy groups -OCH3 is 1. The van der Waals surface area contributed by atoms with Crippen molar-refractivity contribution in [3.05, 3.63) is 59.7 Å². The Hall–Kier alpha value is -3.94. The van der Waals surface area contributed by atoms with Gasteiger partial charge in [-0.1, -0.05) is 153 Å². The van der Waals surface area contributed by atoms with Crippen molar-refractivity contribution in [2.24, 2.45) is 0 Å². The van der Waals surface area contributed by atoms with Crippen LogP contribution in [-0.4, -0.2) is 47.6 Å². The van der Waals surface area contributed by atoms with Crippen molar-refractivity contribution in [1.29, 1.82) is 0 Å². The van der Waals surface area contributed by atoms with Gasteiger partial charge in [-0.25, -0.2) is 9.59 Å². The molecule has 0 amide bonds. The fourth-order valence-corrected chi connectivity index (χ4v) is 6.31. The van der Waals surface area contributed by atoms with Crippen molar-refractivity contribution >= 4 is 24.1 Å². The predicted octanol–water partition coefficient (Wildman–Crippen LogP) is 12.0. The van der Waals surface area contributed by atoms with Crippen molar-refractivity contribution in [1.82, 2.24) is 0 Å². The van der Waals surface area contributed by atoms with E-state index in [0.29, 0.717) is 24.5 Å². The summed E-state index contributed by atoms with van der Waals surface area (Å²) >= 11 is 0. The zero-order valence-corrected chi connectivity index (χ0v) is 32.5. The Kier molecular flexibility index (Phi) is 26.0. The summed E-state index contributed by atoms with van der Waals surface area (Å²) in [6.45, 7) is 0.884. The first kappa shape index (κ1) is 45.2. The van der Waals surface area contributed by atoms with Crippen LogP contribution in [0.4, 0.5) is 0 Å². The number of ether oxygens (including phenoxy) is 3. The molecule has 2 aromatic carbocycles. The molecule has 0 aromatic heterocycles. The highest BCUT2D eigenvalue weighted by Crippen LogP contribution is 2.27. The SMILES string of the molecule is COc1cc(C=CC(=O)OCCCCCCCCCCCCCCCCCCCCCCCCCCOC(=O)C=Cc2ccc(O)c(O)c2)ccc1O. The molecule has 0 atom stereocenters. The van der Waals surface area contributed by atoms with Crippen molar-refractivity contribution in [3.8, 4) is 23.0 Å². The molecule has 2 rings (SSSR count). The van der Waals surface area contributed by atoms with Gasteiger partial charge in [-0.05, 0) is 60.4 Å². The number of hydrogen-bond donors (Lipinski definition) is 3. The van der Waals surface area contributed by atoms with Gasteiger partial charge in [0.25, 0.3) is 0 Å². The van der Waals surface area contributed by atoms with Crippen molar-refractivity contribution in [2.45, 2.75) is 154 Å². The summed E-state index contributed by atoms with van der Waals surface area (Å²) < 4.78 is 15.6. The third kappa shape index (κ3) is 24.1. The first-order valence-electron chi connectivity index (χ1n) is 20.5. The van der Waals surface area contributed by atoms with Crippen LogP contribution in [0.25, 0.3) is 12.2 Å². The highest BCUT2D eigenvalue weighted by atomic mass is 16.5. The van der Waals surface area contributed by atoms with Crippen LogP contribution in [0, 0.1) is 0 Å². The third-order valence-electron chi connectivity index (χ3n) is 9.55. The molecule has 2 aromatic rings. The smallest absolute Gasteiger partial charge is 0.330 e. The number of unbranched alkanes of at least 4 members (excludes halogenated alkanes) is 23. The van der Waals surface area contributed by atoms with E-state index in [2.05, 4.69) is 0 Å². The summed E-state index contributed by atoms with van der Waals surface area (Å²) in [7, 11) is 1.49. The molecular weight excluding hydrogens is 668 g/mol. The average Bonchev–Trinajstić information content (AvgIpc) is 3.16. The number of carbonyl (C=O) groups is 2. The molecule has 8 heteroatoms. The van der Waals surface area contributed by atoms with Gasteiger partial charge >= 0.3 is 11.9 Å². The number of carbonyl (C=O) groups excluding carboxylic acids is 2. The number of phenols is 3. The van der Waals surface area contributed by atoms with Crippen molar-refractivity contribution < 1.29 is 39.1 Å². The fraction of sp³-hybridized carbons (Fsp3) is 0.600. The lowest BCUT2D eigenvalue weighted by Crippen LogP contribution is -2.02. The van der Waals surface area contributed by atoms with E-state index in [-0.39, 0.29) is 23.2 Å². The number of benzene rings is 2. The molecule has 3 N–H and O–H groups in total. The maximum absolute atomic E-state index is 11.9. The lowest BCUT2D eigenvalue weighted by molar-refractivity contribution is -0.138. The van der Waals surface area contributed by atoms with Crippen molar-refractivity contribution in [3.63, 3.8) is 0 Å². The van der Waals surface area contributed by atoms with E-state index in [0.717, 1.165) is 31.2 Å². The minimum atomic E-state index is -0.392. The number of hydrogen-bond acceptors (Lipinski definition) is 8. The van der Waals surface area contributed by atoms with E-state index >= 15 is 0 Å². The fourth-order valence-electron chi connectivity index (χ4n) is 6.31. The number of esters is 2. The minimum absolute atomic E-state index is 0.0703. The van der Waals surface area contributed by atoms with Gasteiger partial charge in [0.2, 0.25) is 0 Å². The van der Waals surface area contributed by atoms with Crippen LogP contribution < -0.4 is 4.74 Å². The molecule has 0 saturated heterocycles. The second-order valence-electron chi connectivity index (χ2n) is 14.2. The van der Waals surface area contributed by atoms with Crippen LogP contribution in [0.5, 0.6) is 23.0 Å². The summed E-state index contributed by atoms with van der Waals surface area (Å²) in [5, 5.41) is 28.5. The summed E-state index contributed by atoms with van der Waals surface area (Å²) in [6, 6.07) is 9.32. The summed E-state index contributed by atoms with van der Waals surface area (Å²) in [6.07, 6.45) is 36.6. The molecule has 0 saturated carbocycles. The molecule has 0 aliphatic heterocycles. The monoisotopic (exact) mass is 736 g/mol. The topological polar surface area (TPSA) is 123 Å². The third-order valence-corrected chi connectivity index (χ3v) is 9.55. The quantitative estimate of drug-likeness (QED) is 0.0294. The lowest BCUT2D eigenvalue weighted by atomic mass is 10.0. The standard InChI is InChI=1S/C45H68O8/c1-51-43-37-39(27-31-41(43)47)29-33-45(50)53-35-25-23-21-19-17-15-13-11-9-7-5-3-2-4-6-8-10-12-14-16-18-20-22-24-34-52-44(49)32-28-38-26-30-40(46)42(48)36-38/h26-33,36-37,46-48H,2-25,34-35H2,1H3. The maximum Gasteiger partial charge on any atom is 0.330 e. The van der Waals surface area contributed by atoms with E-state index in [1.165, 1.54) is 166 Å². The van der Waals surface area contributed by atoms with E-state index in [9.17, 15) is 24.9 Å². The second-order valence-corrected chi connectivity index (χ2v) is 14.2. The molecular formula is C45H68O8. The number of aromatic hydroxyl groups is 3. The Morgan fingerprint density at radius 1 is 0.453 bits per heavy atom. The Labute approximate surface area is 319 Å². The molecule has 8 nitrogen and oxygen atoms in total. The first-order chi connectivity index (χ1) is 25.9. The molecule has 53 heavy (non-hydrogen) atoms. The van der Waals surface area contributed by atoms with Gasteiger partial charge < -0.3 is 29.5 Å². The minimum Gasteiger partial charge on any atom is -0.504 e. The predicted molar refractivity (Wildman–Crippen MR) is 215 cm³/mol. The molecule has 0 radical (unpaired) electrons. The molecule has 0 aliphatic rings. The van der Waals surface area contributed by atoms with Gasteiger partial charge in [0.15, 0.2) is 23.0 Å². The van der Waals surface area contributed by atoms with Gasteiger partial charge in [-0.15, -0.1) is 0 Å². The Bertz CT molecular complexity index is 1320. The summed E-state index contributed by atoms with van der Waals surface area (Å²) in [4.78, 5) is 23.8. The Balaban J connectivity index is 1.22. The van der Waals surface area contributed by atoms with Gasteiger partial charge in [-0.3, -0.25) is 0 Å². The van der Waals surface area contributed by atoms with Gasteiger partial charge in [0.1, 0.15) is 0 Å². The number of rotatable bonds is 32. The van der Waals surface area contributed by atoms with Crippen LogP contribution in [0.2, 0.25) is 0 Å². The first-order valence-corrected chi connectivity index (χ1v) is 20.5. The molecule has 0 aliphatic carbocycles. The van der Waals surface area contributed by atoms with Gasteiger partial charge in [0.05, 0.1) is 20.3 Å². The number of phenolic OH excluding ortho intramolecular Hbond substituents is 3. The van der Waals surface area contributed by atoms with Gasteiger partial charge in [0, 0.05) is 12.2 Å². The Morgan fingerprint density at radius 3 is 1.11 bits per heavy atom. The van der Waals surface area contributed by atoms with Crippen LogP contribution in [0.15, 0.2) is 48.6 Å². The molecule has 296 valence electrons. The summed E-state index contributed by atoms with van der Waals surface area (Å²) in [5.74, 6) is -0.694. The molecule has 0 heterocycles. The van der Waals surface area contributed by atoms with E-state index in [1.54, 1.807) is 30.4 Å². The zero-order valence-electron chi connectivity index (χ0n) is 32.5. The Morgan fingerprint density at radius 2 is 0.774 bits per heavy atom. The second kappa shape index (κ2) is 30.5. The molecule has 0 fully saturated rings. The maximum atomic E-state index is 11.9. The zero-order chi connectivity index (χ0) is 38.2. The molecule has 0 bridgehead atoms. The van der Waals surface area contributed by atoms with E-state index in [1.807, 2.05) is 0 Å². The van der Waals surface area contributed by atoms with E-state index < -0.39 is 5.97 Å². The molecule has 0 unspecified atom stereocenters.